The Labute approximate surface area is 103 Å². The minimum atomic E-state index is -0.0181. The zero-order valence-corrected chi connectivity index (χ0v) is 10.9. The van der Waals surface area contributed by atoms with E-state index in [2.05, 4.69) is 24.5 Å². The highest BCUT2D eigenvalue weighted by molar-refractivity contribution is 5.74. The first-order valence-corrected chi connectivity index (χ1v) is 6.88. The third-order valence-electron chi connectivity index (χ3n) is 4.03. The van der Waals surface area contributed by atoms with Gasteiger partial charge in [0.25, 0.3) is 0 Å². The molecule has 2 rings (SSSR count). The fraction of sp³-hybridized carbons (Fsp3) is 0.923. The van der Waals surface area contributed by atoms with Crippen molar-refractivity contribution in [2.75, 3.05) is 6.61 Å². The molecule has 4 nitrogen and oxygen atoms in total. The molecule has 0 aromatic heterocycles. The highest BCUT2D eigenvalue weighted by Crippen LogP contribution is 2.31. The molecular formula is C13H24N2O2. The van der Waals surface area contributed by atoms with Gasteiger partial charge in [0.15, 0.2) is 0 Å². The fourth-order valence-corrected chi connectivity index (χ4v) is 2.53. The third kappa shape index (κ3) is 3.35. The van der Waals surface area contributed by atoms with Crippen LogP contribution in [0.4, 0.5) is 4.79 Å². The van der Waals surface area contributed by atoms with Gasteiger partial charge in [0.1, 0.15) is 0 Å². The van der Waals surface area contributed by atoms with E-state index in [9.17, 15) is 4.79 Å². The van der Waals surface area contributed by atoms with Crippen molar-refractivity contribution in [3.8, 4) is 0 Å². The predicted octanol–water partition coefficient (Wildman–Crippen LogP) is 2.19. The number of amides is 2. The molecule has 2 fully saturated rings. The van der Waals surface area contributed by atoms with Gasteiger partial charge in [-0.1, -0.05) is 13.8 Å². The lowest BCUT2D eigenvalue weighted by molar-refractivity contribution is -0.0915. The van der Waals surface area contributed by atoms with E-state index in [1.165, 1.54) is 0 Å². The van der Waals surface area contributed by atoms with Crippen LogP contribution >= 0.6 is 0 Å². The molecule has 0 bridgehead atoms. The largest absolute Gasteiger partial charge is 0.375 e. The lowest BCUT2D eigenvalue weighted by atomic mass is 9.86. The maximum Gasteiger partial charge on any atom is 0.315 e. The zero-order valence-electron chi connectivity index (χ0n) is 10.9. The summed E-state index contributed by atoms with van der Waals surface area (Å²) < 4.78 is 5.90. The van der Waals surface area contributed by atoms with E-state index in [4.69, 9.17) is 4.74 Å². The van der Waals surface area contributed by atoms with Crippen LogP contribution in [-0.2, 0) is 4.74 Å². The normalized spacial score (nSPS) is 27.5. The lowest BCUT2D eigenvalue weighted by Crippen LogP contribution is -2.50. The van der Waals surface area contributed by atoms with Crippen LogP contribution in [-0.4, -0.2) is 30.3 Å². The Morgan fingerprint density at radius 2 is 1.82 bits per heavy atom. The Morgan fingerprint density at radius 3 is 2.41 bits per heavy atom. The molecule has 1 aliphatic carbocycles. The van der Waals surface area contributed by atoms with E-state index < -0.39 is 0 Å². The van der Waals surface area contributed by atoms with E-state index in [1.54, 1.807) is 0 Å². The topological polar surface area (TPSA) is 50.4 Å². The molecule has 1 atom stereocenters. The minimum absolute atomic E-state index is 0.000469. The van der Waals surface area contributed by atoms with Crippen LogP contribution in [0.5, 0.6) is 0 Å². The Bertz CT molecular complexity index is 273. The van der Waals surface area contributed by atoms with Gasteiger partial charge in [0.2, 0.25) is 0 Å². The van der Waals surface area contributed by atoms with E-state index >= 15 is 0 Å². The van der Waals surface area contributed by atoms with Crippen LogP contribution in [0.15, 0.2) is 0 Å². The van der Waals surface area contributed by atoms with E-state index in [0.717, 1.165) is 45.1 Å². The maximum absolute atomic E-state index is 11.7. The zero-order chi connectivity index (χ0) is 12.3. The van der Waals surface area contributed by atoms with Gasteiger partial charge in [0, 0.05) is 18.7 Å². The second-order valence-corrected chi connectivity index (χ2v) is 5.32. The first-order valence-electron chi connectivity index (χ1n) is 6.88. The van der Waals surface area contributed by atoms with Gasteiger partial charge in [-0.15, -0.1) is 0 Å². The number of urea groups is 1. The van der Waals surface area contributed by atoms with Crippen molar-refractivity contribution in [1.82, 2.24) is 10.6 Å². The number of ether oxygens (including phenoxy) is 1. The quantitative estimate of drug-likeness (QED) is 0.791. The lowest BCUT2D eigenvalue weighted by Gasteiger charge is -2.40. The summed E-state index contributed by atoms with van der Waals surface area (Å²) in [6.07, 6.45) is 6.18. The van der Waals surface area contributed by atoms with Crippen LogP contribution in [0, 0.1) is 0 Å². The van der Waals surface area contributed by atoms with Gasteiger partial charge >= 0.3 is 6.03 Å². The number of rotatable bonds is 4. The maximum atomic E-state index is 11.7. The summed E-state index contributed by atoms with van der Waals surface area (Å²) in [6, 6.07) is 0.694. The molecule has 1 unspecified atom stereocenters. The molecule has 2 amide bonds. The molecular weight excluding hydrogens is 216 g/mol. The molecule has 1 aliphatic heterocycles. The Hall–Kier alpha value is -0.770. The van der Waals surface area contributed by atoms with Crippen LogP contribution in [0.1, 0.15) is 52.4 Å². The molecule has 98 valence electrons. The smallest absolute Gasteiger partial charge is 0.315 e. The SMILES string of the molecule is CCC1(CC)CC(NC(=O)NC2CC2)CCO1. The van der Waals surface area contributed by atoms with Crippen LogP contribution in [0.2, 0.25) is 0 Å². The molecule has 2 N–H and O–H groups in total. The van der Waals surface area contributed by atoms with Gasteiger partial charge in [-0.25, -0.2) is 4.79 Å². The Kier molecular flexibility index (Phi) is 3.92. The van der Waals surface area contributed by atoms with E-state index in [-0.39, 0.29) is 17.7 Å². The van der Waals surface area contributed by atoms with Crippen molar-refractivity contribution in [2.24, 2.45) is 0 Å². The highest BCUT2D eigenvalue weighted by atomic mass is 16.5. The first-order chi connectivity index (χ1) is 8.17. The second-order valence-electron chi connectivity index (χ2n) is 5.32. The average Bonchev–Trinajstić information content (AvgIpc) is 3.13. The molecule has 0 aromatic rings. The Balaban J connectivity index is 1.81. The van der Waals surface area contributed by atoms with Crippen LogP contribution in [0.3, 0.4) is 0 Å². The van der Waals surface area contributed by atoms with Crippen molar-refractivity contribution < 1.29 is 9.53 Å². The number of nitrogens with one attached hydrogen (secondary N) is 2. The van der Waals surface area contributed by atoms with Crippen LogP contribution < -0.4 is 10.6 Å². The predicted molar refractivity (Wildman–Crippen MR) is 67.0 cm³/mol. The summed E-state index contributed by atoms with van der Waals surface area (Å²) in [5, 5.41) is 6.06. The monoisotopic (exact) mass is 240 g/mol. The van der Waals surface area contributed by atoms with Crippen molar-refractivity contribution in [3.05, 3.63) is 0 Å². The number of carbonyl (C=O) groups excluding carboxylic acids is 1. The average molecular weight is 240 g/mol. The summed E-state index contributed by atoms with van der Waals surface area (Å²) >= 11 is 0. The summed E-state index contributed by atoms with van der Waals surface area (Å²) in [5.74, 6) is 0. The molecule has 4 heteroatoms. The minimum Gasteiger partial charge on any atom is -0.375 e. The summed E-state index contributed by atoms with van der Waals surface area (Å²) in [7, 11) is 0. The molecule has 1 saturated heterocycles. The summed E-state index contributed by atoms with van der Waals surface area (Å²) in [6.45, 7) is 5.09. The number of carbonyl (C=O) groups is 1. The van der Waals surface area contributed by atoms with Gasteiger partial charge in [-0.3, -0.25) is 0 Å². The fourth-order valence-electron chi connectivity index (χ4n) is 2.53. The van der Waals surface area contributed by atoms with Gasteiger partial charge in [-0.2, -0.15) is 0 Å². The number of hydrogen-bond donors (Lipinski definition) is 2. The number of hydrogen-bond acceptors (Lipinski definition) is 2. The van der Waals surface area contributed by atoms with Crippen LogP contribution in [0.25, 0.3) is 0 Å². The second kappa shape index (κ2) is 5.25. The van der Waals surface area contributed by atoms with Gasteiger partial charge in [0.05, 0.1) is 5.60 Å². The highest BCUT2D eigenvalue weighted by Gasteiger charge is 2.35. The molecule has 17 heavy (non-hydrogen) atoms. The van der Waals surface area contributed by atoms with E-state index in [1.807, 2.05) is 0 Å². The Morgan fingerprint density at radius 1 is 1.18 bits per heavy atom. The van der Waals surface area contributed by atoms with E-state index in [0.29, 0.717) is 6.04 Å². The van der Waals surface area contributed by atoms with Crippen molar-refractivity contribution in [1.29, 1.82) is 0 Å². The van der Waals surface area contributed by atoms with Crippen molar-refractivity contribution >= 4 is 6.03 Å². The molecule has 1 saturated carbocycles. The summed E-state index contributed by atoms with van der Waals surface area (Å²) in [4.78, 5) is 11.7. The van der Waals surface area contributed by atoms with Crippen molar-refractivity contribution in [3.63, 3.8) is 0 Å². The van der Waals surface area contributed by atoms with Crippen molar-refractivity contribution in [2.45, 2.75) is 70.1 Å². The third-order valence-corrected chi connectivity index (χ3v) is 4.03. The molecule has 1 heterocycles. The van der Waals surface area contributed by atoms with Gasteiger partial charge < -0.3 is 15.4 Å². The summed E-state index contributed by atoms with van der Waals surface area (Å²) in [5.41, 5.74) is -0.0181. The molecule has 0 aromatic carbocycles. The standard InChI is InChI=1S/C13H24N2O2/c1-3-13(4-2)9-11(7-8-17-13)15-12(16)14-10-5-6-10/h10-11H,3-9H2,1-2H3,(H2,14,15,16). The molecule has 0 spiro atoms. The molecule has 2 aliphatic rings. The van der Waals surface area contributed by atoms with Gasteiger partial charge in [-0.05, 0) is 38.5 Å². The first kappa shape index (κ1) is 12.7. The molecule has 0 radical (unpaired) electrons.